The van der Waals surface area contributed by atoms with Crippen molar-refractivity contribution in [2.75, 3.05) is 20.7 Å². The summed E-state index contributed by atoms with van der Waals surface area (Å²) in [6, 6.07) is 5.12. The molecule has 2 rings (SSSR count). The molecule has 0 spiro atoms. The second kappa shape index (κ2) is 9.71. The van der Waals surface area contributed by atoms with Crippen molar-refractivity contribution in [1.82, 2.24) is 5.32 Å². The molecular formula is C19H29F2N2O3+. The van der Waals surface area contributed by atoms with E-state index in [0.29, 0.717) is 19.0 Å². The molecular weight excluding hydrogens is 342 g/mol. The number of methoxy groups -OCH3 is 1. The van der Waals surface area contributed by atoms with Crippen LogP contribution in [0.4, 0.5) is 8.78 Å². The summed E-state index contributed by atoms with van der Waals surface area (Å²) in [4.78, 5) is 13.3. The monoisotopic (exact) mass is 371 g/mol. The Bertz CT molecular complexity index is 598. The van der Waals surface area contributed by atoms with Gasteiger partial charge >= 0.3 is 6.61 Å². The molecule has 1 unspecified atom stereocenters. The summed E-state index contributed by atoms with van der Waals surface area (Å²) in [5.41, 5.74) is 0.889. The molecule has 0 bridgehead atoms. The topological polar surface area (TPSA) is 52.0 Å². The van der Waals surface area contributed by atoms with Crippen molar-refractivity contribution >= 4 is 5.91 Å². The van der Waals surface area contributed by atoms with E-state index in [1.54, 1.807) is 12.1 Å². The number of hydrogen-bond acceptors (Lipinski definition) is 3. The Kier molecular flexibility index (Phi) is 7.63. The molecule has 7 heteroatoms. The van der Waals surface area contributed by atoms with Crippen molar-refractivity contribution in [1.29, 1.82) is 0 Å². The fraction of sp³-hybridized carbons (Fsp3) is 0.632. The smallest absolute Gasteiger partial charge is 0.387 e. The Hall–Kier alpha value is -1.89. The quantitative estimate of drug-likeness (QED) is 0.735. The van der Waals surface area contributed by atoms with Crippen LogP contribution in [0.15, 0.2) is 18.2 Å². The van der Waals surface area contributed by atoms with Gasteiger partial charge in [0.2, 0.25) is 0 Å². The zero-order valence-corrected chi connectivity index (χ0v) is 15.7. The highest BCUT2D eigenvalue weighted by Crippen LogP contribution is 2.29. The predicted molar refractivity (Wildman–Crippen MR) is 94.6 cm³/mol. The van der Waals surface area contributed by atoms with Crippen molar-refractivity contribution in [2.24, 2.45) is 5.92 Å². The van der Waals surface area contributed by atoms with E-state index in [-0.39, 0.29) is 23.4 Å². The van der Waals surface area contributed by atoms with Gasteiger partial charge in [0.1, 0.15) is 6.54 Å². The molecule has 0 aromatic heterocycles. The molecule has 0 radical (unpaired) electrons. The van der Waals surface area contributed by atoms with Crippen LogP contribution < -0.4 is 19.7 Å². The number of likely N-dealkylation sites (N-methyl/N-ethyl adjacent to an activating group) is 1. The van der Waals surface area contributed by atoms with Gasteiger partial charge in [0.25, 0.3) is 5.91 Å². The number of benzene rings is 1. The number of nitrogens with one attached hydrogen (secondary N) is 2. The summed E-state index contributed by atoms with van der Waals surface area (Å²) in [5.74, 6) is 0.842. The molecule has 1 fully saturated rings. The first kappa shape index (κ1) is 20.4. The van der Waals surface area contributed by atoms with E-state index >= 15 is 0 Å². The molecule has 1 aliphatic rings. The maximum Gasteiger partial charge on any atom is 0.387 e. The van der Waals surface area contributed by atoms with Gasteiger partial charge < -0.3 is 19.7 Å². The van der Waals surface area contributed by atoms with Crippen LogP contribution in [0.2, 0.25) is 0 Å². The molecule has 1 aromatic rings. The molecule has 0 saturated heterocycles. The van der Waals surface area contributed by atoms with E-state index in [0.717, 1.165) is 16.9 Å². The van der Waals surface area contributed by atoms with Crippen molar-refractivity contribution in [3.05, 3.63) is 23.8 Å². The number of hydrogen-bond donors (Lipinski definition) is 2. The van der Waals surface area contributed by atoms with Gasteiger partial charge in [-0.05, 0) is 37.0 Å². The summed E-state index contributed by atoms with van der Waals surface area (Å²) >= 11 is 0. The maximum atomic E-state index is 12.4. The number of alkyl halides is 2. The van der Waals surface area contributed by atoms with Crippen molar-refractivity contribution in [3.8, 4) is 11.5 Å². The standard InChI is InChI=1S/C19H28F2N2O3/c1-13-6-4-5-7-15(13)22-18(24)12-23(2)11-14-8-9-16(26-19(20)21)17(10-14)25-3/h8-10,13,15,19H,4-7,11-12H2,1-3H3,(H,22,24)/p+1/t13-,15-/m0/s1. The molecule has 2 N–H and O–H groups in total. The van der Waals surface area contributed by atoms with Gasteiger partial charge in [0.15, 0.2) is 18.0 Å². The minimum absolute atomic E-state index is 0.00734. The second-order valence-corrected chi connectivity index (χ2v) is 7.11. The number of halogens is 2. The first-order valence-electron chi connectivity index (χ1n) is 9.11. The third-order valence-electron chi connectivity index (χ3n) is 4.87. The number of ether oxygens (including phenoxy) is 2. The van der Waals surface area contributed by atoms with E-state index in [1.165, 1.54) is 32.4 Å². The maximum absolute atomic E-state index is 12.4. The number of quaternary nitrogens is 1. The lowest BCUT2D eigenvalue weighted by molar-refractivity contribution is -0.885. The third-order valence-corrected chi connectivity index (χ3v) is 4.87. The summed E-state index contributed by atoms with van der Waals surface area (Å²) in [7, 11) is 3.34. The van der Waals surface area contributed by atoms with Crippen LogP contribution in [0.5, 0.6) is 11.5 Å². The first-order chi connectivity index (χ1) is 12.4. The number of carbonyl (C=O) groups is 1. The SMILES string of the molecule is COc1cc(C[NH+](C)CC(=O)N[C@H]2CCCC[C@@H]2C)ccc1OC(F)F. The average molecular weight is 371 g/mol. The minimum atomic E-state index is -2.89. The first-order valence-corrected chi connectivity index (χ1v) is 9.11. The van der Waals surface area contributed by atoms with Gasteiger partial charge in [-0.15, -0.1) is 0 Å². The highest BCUT2D eigenvalue weighted by molar-refractivity contribution is 5.77. The molecule has 5 nitrogen and oxygen atoms in total. The Morgan fingerprint density at radius 1 is 1.31 bits per heavy atom. The molecule has 1 amide bonds. The summed E-state index contributed by atoms with van der Waals surface area (Å²) in [6.07, 6.45) is 4.63. The van der Waals surface area contributed by atoms with Crippen LogP contribution in [0.25, 0.3) is 0 Å². The fourth-order valence-electron chi connectivity index (χ4n) is 3.49. The average Bonchev–Trinajstić information content (AvgIpc) is 2.57. The molecule has 1 aromatic carbocycles. The Labute approximate surface area is 153 Å². The Morgan fingerprint density at radius 3 is 2.69 bits per heavy atom. The molecule has 1 saturated carbocycles. The molecule has 0 aliphatic heterocycles. The summed E-state index contributed by atoms with van der Waals surface area (Å²) in [5, 5.41) is 3.15. The van der Waals surface area contributed by atoms with Crippen LogP contribution in [0.1, 0.15) is 38.2 Å². The van der Waals surface area contributed by atoms with Crippen LogP contribution in [-0.4, -0.2) is 39.3 Å². The van der Waals surface area contributed by atoms with Crippen LogP contribution in [0, 0.1) is 5.92 Å². The fourth-order valence-corrected chi connectivity index (χ4v) is 3.49. The molecule has 3 atom stereocenters. The lowest BCUT2D eigenvalue weighted by Crippen LogP contribution is -3.09. The lowest BCUT2D eigenvalue weighted by atomic mass is 9.86. The van der Waals surface area contributed by atoms with Gasteiger partial charge in [-0.25, -0.2) is 0 Å². The number of carbonyl (C=O) groups excluding carboxylic acids is 1. The normalized spacial score (nSPS) is 21.3. The largest absolute Gasteiger partial charge is 0.493 e. The van der Waals surface area contributed by atoms with Crippen molar-refractivity contribution in [2.45, 2.75) is 51.8 Å². The van der Waals surface area contributed by atoms with Gasteiger partial charge in [-0.1, -0.05) is 19.8 Å². The number of rotatable bonds is 8. The van der Waals surface area contributed by atoms with Crippen LogP contribution >= 0.6 is 0 Å². The highest BCUT2D eigenvalue weighted by atomic mass is 19.3. The van der Waals surface area contributed by atoms with Crippen molar-refractivity contribution < 1.29 is 27.9 Å². The zero-order valence-electron chi connectivity index (χ0n) is 15.7. The second-order valence-electron chi connectivity index (χ2n) is 7.11. The van der Waals surface area contributed by atoms with Gasteiger partial charge in [0, 0.05) is 11.6 Å². The lowest BCUT2D eigenvalue weighted by Gasteiger charge is -2.29. The van der Waals surface area contributed by atoms with Gasteiger partial charge in [-0.3, -0.25) is 4.79 Å². The van der Waals surface area contributed by atoms with E-state index in [1.807, 2.05) is 7.05 Å². The Morgan fingerprint density at radius 2 is 2.04 bits per heavy atom. The predicted octanol–water partition coefficient (Wildman–Crippen LogP) is 2.01. The van der Waals surface area contributed by atoms with Crippen LogP contribution in [-0.2, 0) is 11.3 Å². The van der Waals surface area contributed by atoms with Crippen molar-refractivity contribution in [3.63, 3.8) is 0 Å². The minimum Gasteiger partial charge on any atom is -0.493 e. The van der Waals surface area contributed by atoms with E-state index in [4.69, 9.17) is 4.74 Å². The molecule has 1 aliphatic carbocycles. The van der Waals surface area contributed by atoms with E-state index in [9.17, 15) is 13.6 Å². The summed E-state index contributed by atoms with van der Waals surface area (Å²) in [6.45, 7) is 0.240. The van der Waals surface area contributed by atoms with E-state index < -0.39 is 6.61 Å². The van der Waals surface area contributed by atoms with Gasteiger partial charge in [0.05, 0.1) is 14.2 Å². The van der Waals surface area contributed by atoms with E-state index in [2.05, 4.69) is 17.0 Å². The third kappa shape index (κ3) is 6.12. The zero-order chi connectivity index (χ0) is 19.1. The highest BCUT2D eigenvalue weighted by Gasteiger charge is 2.24. The molecule has 26 heavy (non-hydrogen) atoms. The molecule has 0 heterocycles. The number of amides is 1. The Balaban J connectivity index is 1.88. The van der Waals surface area contributed by atoms with Crippen LogP contribution in [0.3, 0.4) is 0 Å². The summed E-state index contributed by atoms with van der Waals surface area (Å²) < 4.78 is 34.3. The van der Waals surface area contributed by atoms with Gasteiger partial charge in [-0.2, -0.15) is 8.78 Å². The molecule has 146 valence electrons.